The van der Waals surface area contributed by atoms with Gasteiger partial charge in [-0.2, -0.15) is 0 Å². The van der Waals surface area contributed by atoms with Gasteiger partial charge in [0.05, 0.1) is 24.3 Å². The number of pyridine rings is 1. The lowest BCUT2D eigenvalue weighted by molar-refractivity contribution is 0.0383. The van der Waals surface area contributed by atoms with E-state index < -0.39 is 0 Å². The molecular weight excluding hydrogens is 344 g/mol. The van der Waals surface area contributed by atoms with Crippen LogP contribution < -0.4 is 10.2 Å². The SMILES string of the molecule is CN(C(=O)c1cncc(C(=O)NCCN2CCOCC2)c1)c1ccccc1. The van der Waals surface area contributed by atoms with Crippen molar-refractivity contribution in [2.45, 2.75) is 0 Å². The van der Waals surface area contributed by atoms with Crippen LogP contribution in [0.1, 0.15) is 20.7 Å². The second-order valence-electron chi connectivity index (χ2n) is 6.37. The third kappa shape index (κ3) is 5.12. The summed E-state index contributed by atoms with van der Waals surface area (Å²) in [5, 5.41) is 2.89. The van der Waals surface area contributed by atoms with E-state index in [4.69, 9.17) is 4.74 Å². The van der Waals surface area contributed by atoms with Gasteiger partial charge in [-0.15, -0.1) is 0 Å². The Morgan fingerprint density at radius 2 is 1.85 bits per heavy atom. The predicted octanol–water partition coefficient (Wildman–Crippen LogP) is 1.42. The highest BCUT2D eigenvalue weighted by molar-refractivity contribution is 6.07. The van der Waals surface area contributed by atoms with Crippen LogP contribution in [0, 0.1) is 0 Å². The lowest BCUT2D eigenvalue weighted by atomic mass is 10.1. The van der Waals surface area contributed by atoms with Crippen LogP contribution in [-0.2, 0) is 4.74 Å². The Hall–Kier alpha value is -2.77. The summed E-state index contributed by atoms with van der Waals surface area (Å²) in [7, 11) is 1.70. The first kappa shape index (κ1) is 19.0. The summed E-state index contributed by atoms with van der Waals surface area (Å²) in [6.07, 6.45) is 2.95. The highest BCUT2D eigenvalue weighted by Gasteiger charge is 2.16. The molecule has 0 atom stereocenters. The van der Waals surface area contributed by atoms with Crippen LogP contribution in [0.5, 0.6) is 0 Å². The lowest BCUT2D eigenvalue weighted by Crippen LogP contribution is -2.41. The van der Waals surface area contributed by atoms with Crippen LogP contribution in [0.2, 0.25) is 0 Å². The fourth-order valence-electron chi connectivity index (χ4n) is 2.90. The van der Waals surface area contributed by atoms with Crippen LogP contribution in [0.15, 0.2) is 48.8 Å². The molecule has 2 aromatic rings. The van der Waals surface area contributed by atoms with Crippen molar-refractivity contribution in [2.24, 2.45) is 0 Å². The van der Waals surface area contributed by atoms with Crippen molar-refractivity contribution in [1.29, 1.82) is 0 Å². The van der Waals surface area contributed by atoms with E-state index >= 15 is 0 Å². The highest BCUT2D eigenvalue weighted by atomic mass is 16.5. The van der Waals surface area contributed by atoms with Crippen molar-refractivity contribution in [3.8, 4) is 0 Å². The number of aromatic nitrogens is 1. The molecule has 0 aliphatic carbocycles. The van der Waals surface area contributed by atoms with Gasteiger partial charge in [-0.25, -0.2) is 0 Å². The fraction of sp³-hybridized carbons (Fsp3) is 0.350. The zero-order chi connectivity index (χ0) is 19.1. The second kappa shape index (κ2) is 9.25. The van der Waals surface area contributed by atoms with Crippen LogP contribution in [-0.4, -0.2) is 68.1 Å². The molecule has 0 unspecified atom stereocenters. The molecule has 2 heterocycles. The van der Waals surface area contributed by atoms with Gasteiger partial charge in [0.2, 0.25) is 0 Å². The number of anilines is 1. The van der Waals surface area contributed by atoms with Gasteiger partial charge in [0.1, 0.15) is 0 Å². The van der Waals surface area contributed by atoms with Crippen LogP contribution >= 0.6 is 0 Å². The molecule has 1 fully saturated rings. The zero-order valence-corrected chi connectivity index (χ0v) is 15.4. The van der Waals surface area contributed by atoms with E-state index in [0.29, 0.717) is 17.7 Å². The van der Waals surface area contributed by atoms with Gasteiger partial charge in [0.25, 0.3) is 11.8 Å². The summed E-state index contributed by atoms with van der Waals surface area (Å²) < 4.78 is 5.31. The number of amides is 2. The average molecular weight is 368 g/mol. The lowest BCUT2D eigenvalue weighted by Gasteiger charge is -2.26. The quantitative estimate of drug-likeness (QED) is 0.835. The largest absolute Gasteiger partial charge is 0.379 e. The molecule has 2 amide bonds. The molecule has 0 spiro atoms. The van der Waals surface area contributed by atoms with Crippen LogP contribution in [0.25, 0.3) is 0 Å². The van der Waals surface area contributed by atoms with Crippen molar-refractivity contribution in [3.05, 3.63) is 59.9 Å². The number of rotatable bonds is 6. The monoisotopic (exact) mass is 368 g/mol. The van der Waals surface area contributed by atoms with E-state index in [2.05, 4.69) is 15.2 Å². The third-order valence-electron chi connectivity index (χ3n) is 4.51. The smallest absolute Gasteiger partial charge is 0.259 e. The maximum Gasteiger partial charge on any atom is 0.259 e. The second-order valence-corrected chi connectivity index (χ2v) is 6.37. The maximum absolute atomic E-state index is 12.7. The summed E-state index contributed by atoms with van der Waals surface area (Å²) in [6.45, 7) is 4.55. The third-order valence-corrected chi connectivity index (χ3v) is 4.51. The van der Waals surface area contributed by atoms with E-state index in [0.717, 1.165) is 38.5 Å². The molecule has 0 bridgehead atoms. The van der Waals surface area contributed by atoms with Gasteiger partial charge in [-0.05, 0) is 18.2 Å². The Labute approximate surface area is 158 Å². The average Bonchev–Trinajstić information content (AvgIpc) is 2.74. The minimum atomic E-state index is -0.229. The first-order valence-corrected chi connectivity index (χ1v) is 9.01. The summed E-state index contributed by atoms with van der Waals surface area (Å²) in [4.78, 5) is 32.9. The summed E-state index contributed by atoms with van der Waals surface area (Å²) >= 11 is 0. The highest BCUT2D eigenvalue weighted by Crippen LogP contribution is 2.15. The molecule has 1 N–H and O–H groups in total. The maximum atomic E-state index is 12.7. The van der Waals surface area contributed by atoms with Gasteiger partial charge in [-0.3, -0.25) is 19.5 Å². The van der Waals surface area contributed by atoms with Crippen molar-refractivity contribution in [3.63, 3.8) is 0 Å². The first-order chi connectivity index (χ1) is 13.1. The molecule has 7 nitrogen and oxygen atoms in total. The molecule has 142 valence electrons. The Kier molecular flexibility index (Phi) is 6.51. The number of ether oxygens (including phenoxy) is 1. The molecule has 1 aliphatic rings. The molecular formula is C20H24N4O3. The van der Waals surface area contributed by atoms with Gasteiger partial charge >= 0.3 is 0 Å². The molecule has 7 heteroatoms. The molecule has 0 saturated carbocycles. The zero-order valence-electron chi connectivity index (χ0n) is 15.4. The predicted molar refractivity (Wildman–Crippen MR) is 103 cm³/mol. The summed E-state index contributed by atoms with van der Waals surface area (Å²) in [6, 6.07) is 10.9. The van der Waals surface area contributed by atoms with E-state index in [1.54, 1.807) is 13.1 Å². The Bertz CT molecular complexity index is 776. The van der Waals surface area contributed by atoms with Gasteiger partial charge < -0.3 is 15.0 Å². The number of para-hydroxylation sites is 1. The minimum Gasteiger partial charge on any atom is -0.379 e. The van der Waals surface area contributed by atoms with Crippen molar-refractivity contribution in [2.75, 3.05) is 51.3 Å². The fourth-order valence-corrected chi connectivity index (χ4v) is 2.90. The number of carbonyl (C=O) groups is 2. The number of carbonyl (C=O) groups excluding carboxylic acids is 2. The van der Waals surface area contributed by atoms with E-state index in [1.807, 2.05) is 30.3 Å². The molecule has 1 aliphatic heterocycles. The van der Waals surface area contributed by atoms with E-state index in [-0.39, 0.29) is 11.8 Å². The minimum absolute atomic E-state index is 0.211. The summed E-state index contributed by atoms with van der Waals surface area (Å²) in [5.74, 6) is -0.440. The molecule has 3 rings (SSSR count). The number of hydrogen-bond donors (Lipinski definition) is 1. The molecule has 1 aromatic heterocycles. The molecule has 27 heavy (non-hydrogen) atoms. The summed E-state index contributed by atoms with van der Waals surface area (Å²) in [5.41, 5.74) is 1.54. The number of nitrogens with zero attached hydrogens (tertiary/aromatic N) is 3. The van der Waals surface area contributed by atoms with Crippen molar-refractivity contribution < 1.29 is 14.3 Å². The van der Waals surface area contributed by atoms with Crippen LogP contribution in [0.3, 0.4) is 0 Å². The van der Waals surface area contributed by atoms with Gasteiger partial charge in [0, 0.05) is 51.3 Å². The molecule has 1 aromatic carbocycles. The number of benzene rings is 1. The van der Waals surface area contributed by atoms with E-state index in [1.165, 1.54) is 17.3 Å². The standard InChI is InChI=1S/C20H24N4O3/c1-23(18-5-3-2-4-6-18)20(26)17-13-16(14-21-15-17)19(25)22-7-8-24-9-11-27-12-10-24/h2-6,13-15H,7-12H2,1H3,(H,22,25). The first-order valence-electron chi connectivity index (χ1n) is 9.01. The molecule has 0 radical (unpaired) electrons. The Morgan fingerprint density at radius 3 is 2.59 bits per heavy atom. The molecule has 1 saturated heterocycles. The number of hydrogen-bond acceptors (Lipinski definition) is 5. The number of morpholine rings is 1. The van der Waals surface area contributed by atoms with Gasteiger partial charge in [0.15, 0.2) is 0 Å². The normalized spacial score (nSPS) is 14.6. The number of nitrogens with one attached hydrogen (secondary N) is 1. The Morgan fingerprint density at radius 1 is 1.15 bits per heavy atom. The topological polar surface area (TPSA) is 74.8 Å². The Balaban J connectivity index is 1.59. The van der Waals surface area contributed by atoms with Gasteiger partial charge in [-0.1, -0.05) is 18.2 Å². The van der Waals surface area contributed by atoms with Crippen molar-refractivity contribution >= 4 is 17.5 Å². The van der Waals surface area contributed by atoms with Crippen molar-refractivity contribution in [1.82, 2.24) is 15.2 Å². The van der Waals surface area contributed by atoms with E-state index in [9.17, 15) is 9.59 Å². The van der Waals surface area contributed by atoms with Crippen LogP contribution in [0.4, 0.5) is 5.69 Å².